The standard InChI is InChI=1S/C24H35F2NO5/c1-32-24(30)7-5-3-2-4-6-20-19(22(27-31)15-23(20)29)13-12-18(28)11-9-16-8-10-17(25)14-21(16)26/h8,10,14,18-20,23,28-29,31H,2-7,9,11-13,15H2,1H3/b27-22-/t18-,19+,20+,23-/m0/s1. The maximum Gasteiger partial charge on any atom is 0.305 e. The van der Waals surface area contributed by atoms with E-state index in [0.717, 1.165) is 38.2 Å². The van der Waals surface area contributed by atoms with E-state index in [0.29, 0.717) is 49.8 Å². The predicted octanol–water partition coefficient (Wildman–Crippen LogP) is 4.38. The number of halogens is 2. The van der Waals surface area contributed by atoms with Crippen LogP contribution < -0.4 is 0 Å². The topological polar surface area (TPSA) is 99.4 Å². The Balaban J connectivity index is 1.78. The van der Waals surface area contributed by atoms with E-state index in [1.807, 2.05) is 0 Å². The van der Waals surface area contributed by atoms with Gasteiger partial charge in [-0.3, -0.25) is 4.79 Å². The number of carbonyl (C=O) groups excluding carboxylic acids is 1. The highest BCUT2D eigenvalue weighted by atomic mass is 19.1. The molecule has 4 atom stereocenters. The molecule has 0 unspecified atom stereocenters. The molecule has 0 bridgehead atoms. The highest BCUT2D eigenvalue weighted by molar-refractivity contribution is 5.89. The average Bonchev–Trinajstić information content (AvgIpc) is 3.08. The first kappa shape index (κ1) is 26.2. The van der Waals surface area contributed by atoms with Crippen molar-refractivity contribution in [1.29, 1.82) is 0 Å². The molecule has 0 aliphatic heterocycles. The molecule has 1 fully saturated rings. The molecule has 0 amide bonds. The zero-order chi connectivity index (χ0) is 23.5. The normalized spacial score (nSPS) is 22.9. The van der Waals surface area contributed by atoms with Crippen LogP contribution in [0.4, 0.5) is 8.78 Å². The minimum absolute atomic E-state index is 0.0387. The summed E-state index contributed by atoms with van der Waals surface area (Å²) in [6.07, 6.45) is 5.42. The molecule has 0 aromatic heterocycles. The predicted molar refractivity (Wildman–Crippen MR) is 116 cm³/mol. The minimum Gasteiger partial charge on any atom is -0.469 e. The van der Waals surface area contributed by atoms with Crippen LogP contribution in [0.2, 0.25) is 0 Å². The third-order valence-corrected chi connectivity index (χ3v) is 6.45. The van der Waals surface area contributed by atoms with Crippen LogP contribution >= 0.6 is 0 Å². The van der Waals surface area contributed by atoms with E-state index in [2.05, 4.69) is 9.89 Å². The van der Waals surface area contributed by atoms with Gasteiger partial charge in [-0.05, 0) is 56.1 Å². The minimum atomic E-state index is -0.670. The number of esters is 1. The summed E-state index contributed by atoms with van der Waals surface area (Å²) in [5.41, 5.74) is 0.925. The van der Waals surface area contributed by atoms with Crippen molar-refractivity contribution < 1.29 is 33.7 Å². The molecule has 0 saturated heterocycles. The van der Waals surface area contributed by atoms with Gasteiger partial charge < -0.3 is 20.2 Å². The number of unbranched alkanes of at least 4 members (excludes halogenated alkanes) is 3. The summed E-state index contributed by atoms with van der Waals surface area (Å²) in [5, 5.41) is 33.6. The number of rotatable bonds is 13. The molecule has 0 heterocycles. The smallest absolute Gasteiger partial charge is 0.305 e. The lowest BCUT2D eigenvalue weighted by atomic mass is 9.84. The number of hydrogen-bond donors (Lipinski definition) is 3. The van der Waals surface area contributed by atoms with E-state index in [1.165, 1.54) is 19.2 Å². The summed E-state index contributed by atoms with van der Waals surface area (Å²) in [4.78, 5) is 11.1. The number of aliphatic hydroxyl groups is 2. The van der Waals surface area contributed by atoms with E-state index in [-0.39, 0.29) is 17.8 Å². The molecule has 1 aromatic carbocycles. The van der Waals surface area contributed by atoms with Gasteiger partial charge in [0.1, 0.15) is 11.6 Å². The van der Waals surface area contributed by atoms with Crippen molar-refractivity contribution >= 4 is 11.7 Å². The van der Waals surface area contributed by atoms with Crippen molar-refractivity contribution in [1.82, 2.24) is 0 Å². The van der Waals surface area contributed by atoms with Crippen LogP contribution in [0.25, 0.3) is 0 Å². The molecule has 3 N–H and O–H groups in total. The van der Waals surface area contributed by atoms with Gasteiger partial charge >= 0.3 is 5.97 Å². The van der Waals surface area contributed by atoms with Crippen molar-refractivity contribution in [2.75, 3.05) is 7.11 Å². The molecule has 32 heavy (non-hydrogen) atoms. The molecule has 0 radical (unpaired) electrons. The van der Waals surface area contributed by atoms with Gasteiger partial charge in [0.25, 0.3) is 0 Å². The van der Waals surface area contributed by atoms with Crippen molar-refractivity contribution in [3.8, 4) is 0 Å². The summed E-state index contributed by atoms with van der Waals surface area (Å²) >= 11 is 0. The first-order valence-corrected chi connectivity index (χ1v) is 11.4. The summed E-state index contributed by atoms with van der Waals surface area (Å²) < 4.78 is 31.4. The van der Waals surface area contributed by atoms with Crippen LogP contribution in [-0.4, -0.2) is 46.4 Å². The Morgan fingerprint density at radius 3 is 2.62 bits per heavy atom. The Hall–Kier alpha value is -2.06. The molecule has 1 aliphatic carbocycles. The maximum absolute atomic E-state index is 13.8. The molecular formula is C24H35F2NO5. The Morgan fingerprint density at radius 2 is 1.94 bits per heavy atom. The van der Waals surface area contributed by atoms with Crippen LogP contribution in [0.15, 0.2) is 23.4 Å². The molecule has 8 heteroatoms. The summed E-state index contributed by atoms with van der Waals surface area (Å²) in [6.45, 7) is 0. The van der Waals surface area contributed by atoms with Crippen molar-refractivity contribution in [2.45, 2.75) is 82.8 Å². The Morgan fingerprint density at radius 1 is 1.19 bits per heavy atom. The van der Waals surface area contributed by atoms with E-state index < -0.39 is 23.8 Å². The second-order valence-electron chi connectivity index (χ2n) is 8.67. The van der Waals surface area contributed by atoms with Crippen molar-refractivity contribution in [2.24, 2.45) is 17.0 Å². The monoisotopic (exact) mass is 455 g/mol. The lowest BCUT2D eigenvalue weighted by molar-refractivity contribution is -0.140. The van der Waals surface area contributed by atoms with Gasteiger partial charge in [-0.2, -0.15) is 0 Å². The lowest BCUT2D eigenvalue weighted by Gasteiger charge is -2.23. The van der Waals surface area contributed by atoms with Gasteiger partial charge in [0.05, 0.1) is 25.0 Å². The van der Waals surface area contributed by atoms with E-state index in [4.69, 9.17) is 0 Å². The summed E-state index contributed by atoms with van der Waals surface area (Å²) in [7, 11) is 1.38. The SMILES string of the molecule is COC(=O)CCCCCC[C@H]1[C@@H](O)C/C(=N/O)[C@@H]1CC[C@@H](O)CCc1ccc(F)cc1F. The number of methoxy groups -OCH3 is 1. The third-order valence-electron chi connectivity index (χ3n) is 6.45. The van der Waals surface area contributed by atoms with Crippen LogP contribution in [0.5, 0.6) is 0 Å². The van der Waals surface area contributed by atoms with Gasteiger partial charge in [0.2, 0.25) is 0 Å². The van der Waals surface area contributed by atoms with Crippen molar-refractivity contribution in [3.63, 3.8) is 0 Å². The number of aryl methyl sites for hydroxylation is 1. The highest BCUT2D eigenvalue weighted by Gasteiger charge is 2.39. The largest absolute Gasteiger partial charge is 0.469 e. The average molecular weight is 456 g/mol. The van der Waals surface area contributed by atoms with Gasteiger partial charge in [-0.25, -0.2) is 8.78 Å². The Kier molecular flexibility index (Phi) is 11.0. The molecule has 1 aliphatic rings. The quantitative estimate of drug-likeness (QED) is 0.177. The number of aliphatic hydroxyl groups excluding tert-OH is 2. The zero-order valence-electron chi connectivity index (χ0n) is 18.7. The molecule has 0 spiro atoms. The second-order valence-corrected chi connectivity index (χ2v) is 8.67. The second kappa shape index (κ2) is 13.5. The first-order chi connectivity index (χ1) is 15.3. The molecular weight excluding hydrogens is 420 g/mol. The van der Waals surface area contributed by atoms with Crippen LogP contribution in [0.3, 0.4) is 0 Å². The highest BCUT2D eigenvalue weighted by Crippen LogP contribution is 2.37. The zero-order valence-corrected chi connectivity index (χ0v) is 18.7. The number of hydrogen-bond acceptors (Lipinski definition) is 6. The molecule has 180 valence electrons. The fourth-order valence-electron chi connectivity index (χ4n) is 4.59. The van der Waals surface area contributed by atoms with E-state index >= 15 is 0 Å². The van der Waals surface area contributed by atoms with Gasteiger partial charge in [0, 0.05) is 24.8 Å². The van der Waals surface area contributed by atoms with E-state index in [9.17, 15) is 29.0 Å². The fraction of sp³-hybridized carbons (Fsp3) is 0.667. The van der Waals surface area contributed by atoms with Crippen LogP contribution in [-0.2, 0) is 16.0 Å². The van der Waals surface area contributed by atoms with Crippen LogP contribution in [0.1, 0.15) is 69.8 Å². The number of carbonyl (C=O) groups is 1. The summed E-state index contributed by atoms with van der Waals surface area (Å²) in [5.74, 6) is -1.60. The first-order valence-electron chi connectivity index (χ1n) is 11.4. The Bertz CT molecular complexity index is 758. The molecule has 6 nitrogen and oxygen atoms in total. The number of ether oxygens (including phenoxy) is 1. The van der Waals surface area contributed by atoms with Gasteiger partial charge in [0.15, 0.2) is 0 Å². The number of nitrogens with zero attached hydrogens (tertiary/aromatic N) is 1. The molecule has 1 aromatic rings. The Labute approximate surface area is 188 Å². The van der Waals surface area contributed by atoms with Crippen molar-refractivity contribution in [3.05, 3.63) is 35.4 Å². The van der Waals surface area contributed by atoms with Crippen LogP contribution in [0, 0.1) is 23.5 Å². The summed E-state index contributed by atoms with van der Waals surface area (Å²) in [6, 6.07) is 3.43. The van der Waals surface area contributed by atoms with E-state index in [1.54, 1.807) is 0 Å². The number of oxime groups is 1. The third kappa shape index (κ3) is 8.13. The molecule has 1 saturated carbocycles. The molecule has 2 rings (SSSR count). The van der Waals surface area contributed by atoms with Gasteiger partial charge in [-0.15, -0.1) is 0 Å². The lowest BCUT2D eigenvalue weighted by Crippen LogP contribution is -2.22. The number of benzene rings is 1. The van der Waals surface area contributed by atoms with Gasteiger partial charge in [-0.1, -0.05) is 30.5 Å². The fourth-order valence-corrected chi connectivity index (χ4v) is 4.59. The maximum atomic E-state index is 13.8.